The molecule has 0 aliphatic rings. The smallest absolute Gasteiger partial charge is 0.190 e. The van der Waals surface area contributed by atoms with E-state index in [1.165, 1.54) is 0 Å². The van der Waals surface area contributed by atoms with Gasteiger partial charge >= 0.3 is 0 Å². The second-order valence-electron chi connectivity index (χ2n) is 6.12. The SMILES string of the molecule is CCN(CC)CCCn1c(-c2ccco2)csc1=Nc1ccc(Cl)c(Cl)c1. The van der Waals surface area contributed by atoms with Crippen LogP contribution in [0.15, 0.2) is 51.4 Å². The van der Waals surface area contributed by atoms with Crippen LogP contribution < -0.4 is 4.80 Å². The number of aromatic nitrogens is 1. The lowest BCUT2D eigenvalue weighted by atomic mass is 10.3. The predicted octanol–water partition coefficient (Wildman–Crippen LogP) is 6.08. The normalized spacial score (nSPS) is 12.3. The minimum atomic E-state index is 0.508. The molecule has 0 aliphatic heterocycles. The number of nitrogens with zero attached hydrogens (tertiary/aromatic N) is 3. The summed E-state index contributed by atoms with van der Waals surface area (Å²) in [4.78, 5) is 8.14. The van der Waals surface area contributed by atoms with Crippen molar-refractivity contribution in [1.82, 2.24) is 9.47 Å². The average Bonchev–Trinajstić information content (AvgIpc) is 3.32. The summed E-state index contributed by atoms with van der Waals surface area (Å²) >= 11 is 13.8. The molecule has 0 amide bonds. The van der Waals surface area contributed by atoms with Gasteiger partial charge in [0.15, 0.2) is 10.6 Å². The third-order valence-corrected chi connectivity index (χ3v) is 6.05. The quantitative estimate of drug-likeness (QED) is 0.439. The topological polar surface area (TPSA) is 33.7 Å². The fraction of sp³-hybridized carbons (Fsp3) is 0.350. The Morgan fingerprint density at radius 3 is 2.63 bits per heavy atom. The van der Waals surface area contributed by atoms with E-state index in [2.05, 4.69) is 28.7 Å². The first-order valence-electron chi connectivity index (χ1n) is 9.06. The third-order valence-electron chi connectivity index (χ3n) is 4.45. The molecule has 7 heteroatoms. The molecule has 0 spiro atoms. The lowest BCUT2D eigenvalue weighted by Crippen LogP contribution is -2.26. The second kappa shape index (κ2) is 9.60. The Balaban J connectivity index is 1.93. The van der Waals surface area contributed by atoms with Crippen LogP contribution in [0.5, 0.6) is 0 Å². The molecular formula is C20H23Cl2N3OS. The molecule has 3 aromatic rings. The monoisotopic (exact) mass is 423 g/mol. The number of thiazole rings is 1. The van der Waals surface area contributed by atoms with E-state index < -0.39 is 0 Å². The highest BCUT2D eigenvalue weighted by Gasteiger charge is 2.11. The van der Waals surface area contributed by atoms with E-state index in [-0.39, 0.29) is 0 Å². The van der Waals surface area contributed by atoms with Crippen molar-refractivity contribution in [2.24, 2.45) is 4.99 Å². The summed E-state index contributed by atoms with van der Waals surface area (Å²) in [5.41, 5.74) is 1.83. The van der Waals surface area contributed by atoms with Crippen molar-refractivity contribution in [2.45, 2.75) is 26.8 Å². The highest BCUT2D eigenvalue weighted by molar-refractivity contribution is 7.07. The summed E-state index contributed by atoms with van der Waals surface area (Å²) in [6, 6.07) is 9.32. The molecule has 4 nitrogen and oxygen atoms in total. The Kier molecular flexibility index (Phi) is 7.19. The average molecular weight is 424 g/mol. The van der Waals surface area contributed by atoms with Crippen LogP contribution in [0.25, 0.3) is 11.5 Å². The van der Waals surface area contributed by atoms with Crippen molar-refractivity contribution in [3.63, 3.8) is 0 Å². The van der Waals surface area contributed by atoms with Gasteiger partial charge < -0.3 is 13.9 Å². The standard InChI is InChI=1S/C20H23Cl2N3OS/c1-3-24(4-2)10-6-11-25-18(19-7-5-12-26-19)14-27-20(25)23-15-8-9-16(21)17(22)13-15/h5,7-9,12-14H,3-4,6,10-11H2,1-2H3. The molecule has 0 radical (unpaired) electrons. The molecule has 2 heterocycles. The number of furan rings is 1. The zero-order chi connectivity index (χ0) is 19.2. The van der Waals surface area contributed by atoms with Gasteiger partial charge in [-0.3, -0.25) is 0 Å². The van der Waals surface area contributed by atoms with E-state index in [4.69, 9.17) is 32.6 Å². The van der Waals surface area contributed by atoms with Gasteiger partial charge in [-0.2, -0.15) is 0 Å². The summed E-state index contributed by atoms with van der Waals surface area (Å²) in [6.07, 6.45) is 2.74. The maximum atomic E-state index is 6.14. The first kappa shape index (κ1) is 20.2. The van der Waals surface area contributed by atoms with Gasteiger partial charge in [0.2, 0.25) is 0 Å². The summed E-state index contributed by atoms with van der Waals surface area (Å²) < 4.78 is 7.84. The van der Waals surface area contributed by atoms with E-state index >= 15 is 0 Å². The molecule has 0 saturated heterocycles. The molecule has 0 bridgehead atoms. The van der Waals surface area contributed by atoms with Crippen LogP contribution in [0.2, 0.25) is 10.0 Å². The zero-order valence-electron chi connectivity index (χ0n) is 15.5. The van der Waals surface area contributed by atoms with Gasteiger partial charge in [0, 0.05) is 11.9 Å². The van der Waals surface area contributed by atoms with Crippen LogP contribution in [-0.4, -0.2) is 29.1 Å². The van der Waals surface area contributed by atoms with Gasteiger partial charge in [-0.25, -0.2) is 4.99 Å². The summed E-state index contributed by atoms with van der Waals surface area (Å²) in [5, 5.41) is 3.13. The second-order valence-corrected chi connectivity index (χ2v) is 7.77. The van der Waals surface area contributed by atoms with Crippen molar-refractivity contribution in [3.8, 4) is 11.5 Å². The molecule has 3 rings (SSSR count). The van der Waals surface area contributed by atoms with Crippen LogP contribution in [0.3, 0.4) is 0 Å². The summed E-state index contributed by atoms with van der Waals surface area (Å²) in [7, 11) is 0. The summed E-state index contributed by atoms with van der Waals surface area (Å²) in [6.45, 7) is 8.45. The maximum absolute atomic E-state index is 6.14. The van der Waals surface area contributed by atoms with E-state index in [0.29, 0.717) is 10.0 Å². The Bertz CT molecular complexity index is 927. The molecule has 0 aliphatic carbocycles. The van der Waals surface area contributed by atoms with Crippen molar-refractivity contribution in [3.05, 3.63) is 56.8 Å². The Labute approximate surface area is 173 Å². The Morgan fingerprint density at radius 2 is 1.96 bits per heavy atom. The minimum absolute atomic E-state index is 0.508. The lowest BCUT2D eigenvalue weighted by Gasteiger charge is -2.18. The van der Waals surface area contributed by atoms with Gasteiger partial charge in [-0.15, -0.1) is 11.3 Å². The van der Waals surface area contributed by atoms with Crippen LogP contribution in [-0.2, 0) is 6.54 Å². The van der Waals surface area contributed by atoms with Gasteiger partial charge in [0.25, 0.3) is 0 Å². The van der Waals surface area contributed by atoms with Crippen LogP contribution in [0.1, 0.15) is 20.3 Å². The number of hydrogen-bond acceptors (Lipinski definition) is 4. The first-order valence-corrected chi connectivity index (χ1v) is 10.7. The van der Waals surface area contributed by atoms with E-state index in [1.54, 1.807) is 29.7 Å². The molecule has 0 saturated carbocycles. The zero-order valence-corrected chi connectivity index (χ0v) is 17.8. The lowest BCUT2D eigenvalue weighted by molar-refractivity contribution is 0.293. The van der Waals surface area contributed by atoms with Gasteiger partial charge in [0.1, 0.15) is 0 Å². The molecule has 0 N–H and O–H groups in total. The van der Waals surface area contributed by atoms with E-state index in [0.717, 1.165) is 54.5 Å². The van der Waals surface area contributed by atoms with Crippen molar-refractivity contribution in [2.75, 3.05) is 19.6 Å². The maximum Gasteiger partial charge on any atom is 0.190 e. The van der Waals surface area contributed by atoms with Gasteiger partial charge in [0.05, 0.1) is 27.7 Å². The fourth-order valence-corrected chi connectivity index (χ4v) is 4.14. The Hall–Kier alpha value is -1.53. The highest BCUT2D eigenvalue weighted by Crippen LogP contribution is 2.27. The third kappa shape index (κ3) is 5.05. The highest BCUT2D eigenvalue weighted by atomic mass is 35.5. The van der Waals surface area contributed by atoms with Crippen LogP contribution >= 0.6 is 34.5 Å². The van der Waals surface area contributed by atoms with Gasteiger partial charge in [-0.05, 0) is 56.4 Å². The number of hydrogen-bond donors (Lipinski definition) is 0. The molecule has 2 aromatic heterocycles. The number of halogens is 2. The first-order chi connectivity index (χ1) is 13.1. The number of rotatable bonds is 8. The molecule has 144 valence electrons. The largest absolute Gasteiger partial charge is 0.463 e. The molecule has 0 fully saturated rings. The van der Waals surface area contributed by atoms with Crippen LogP contribution in [0, 0.1) is 0 Å². The number of benzene rings is 1. The Morgan fingerprint density at radius 1 is 1.15 bits per heavy atom. The molecule has 1 aromatic carbocycles. The molecule has 0 atom stereocenters. The molecular weight excluding hydrogens is 401 g/mol. The van der Waals surface area contributed by atoms with E-state index in [1.807, 2.05) is 18.2 Å². The van der Waals surface area contributed by atoms with Crippen molar-refractivity contribution in [1.29, 1.82) is 0 Å². The van der Waals surface area contributed by atoms with Crippen molar-refractivity contribution >= 4 is 40.2 Å². The van der Waals surface area contributed by atoms with Crippen LogP contribution in [0.4, 0.5) is 5.69 Å². The fourth-order valence-electron chi connectivity index (χ4n) is 2.91. The molecule has 0 unspecified atom stereocenters. The summed E-state index contributed by atoms with van der Waals surface area (Å²) in [5.74, 6) is 0.852. The molecule has 27 heavy (non-hydrogen) atoms. The van der Waals surface area contributed by atoms with Crippen molar-refractivity contribution < 1.29 is 4.42 Å². The predicted molar refractivity (Wildman–Crippen MR) is 114 cm³/mol. The van der Waals surface area contributed by atoms with E-state index in [9.17, 15) is 0 Å². The minimum Gasteiger partial charge on any atom is -0.463 e. The van der Waals surface area contributed by atoms with Gasteiger partial charge in [-0.1, -0.05) is 37.0 Å².